The molecule has 1 heterocycles. The van der Waals surface area contributed by atoms with Gasteiger partial charge in [-0.15, -0.1) is 0 Å². The zero-order chi connectivity index (χ0) is 13.2. The first-order valence-corrected chi connectivity index (χ1v) is 9.65. The van der Waals surface area contributed by atoms with Crippen molar-refractivity contribution in [2.24, 2.45) is 5.10 Å². The van der Waals surface area contributed by atoms with Crippen LogP contribution in [0.2, 0.25) is 0 Å². The van der Waals surface area contributed by atoms with Crippen LogP contribution in [-0.2, 0) is 0 Å². The zero-order valence-corrected chi connectivity index (χ0v) is 14.3. The Morgan fingerprint density at radius 2 is 1.94 bits per heavy atom. The second kappa shape index (κ2) is 10.2. The fourth-order valence-corrected chi connectivity index (χ4v) is 4.57. The standard InChI is InChI=1S/C11H21N3S4/c1-3-5-7-17-14(18-8-6-4-2)11(15)13-10-16-9-12-13/h9H,3-8,10H2,1-2H3. The molecule has 18 heavy (non-hydrogen) atoms. The number of nitrogens with zero attached hydrogens (tertiary/aromatic N) is 3. The number of thioether (sulfide) groups is 1. The molecule has 0 aromatic carbocycles. The van der Waals surface area contributed by atoms with Crippen molar-refractivity contribution in [2.45, 2.75) is 39.5 Å². The minimum atomic E-state index is 0.832. The van der Waals surface area contributed by atoms with Crippen molar-refractivity contribution < 1.29 is 0 Å². The van der Waals surface area contributed by atoms with Gasteiger partial charge in [0.05, 0.1) is 11.4 Å². The average molecular weight is 324 g/mol. The third-order valence-corrected chi connectivity index (χ3v) is 5.90. The monoisotopic (exact) mass is 323 g/mol. The van der Waals surface area contributed by atoms with Crippen molar-refractivity contribution in [1.29, 1.82) is 0 Å². The quantitative estimate of drug-likeness (QED) is 0.371. The van der Waals surface area contributed by atoms with E-state index in [0.29, 0.717) is 0 Å². The number of hydrogen-bond donors (Lipinski definition) is 0. The Hall–Kier alpha value is 0.410. The number of rotatable bonds is 8. The Morgan fingerprint density at radius 3 is 2.39 bits per heavy atom. The molecule has 104 valence electrons. The molecule has 0 aromatic rings. The van der Waals surface area contributed by atoms with Gasteiger partial charge >= 0.3 is 0 Å². The maximum atomic E-state index is 5.52. The molecule has 0 saturated carbocycles. The van der Waals surface area contributed by atoms with Gasteiger partial charge in [0.15, 0.2) is 0 Å². The lowest BCUT2D eigenvalue weighted by Gasteiger charge is -2.26. The largest absolute Gasteiger partial charge is 0.232 e. The molecular formula is C11H21N3S4. The van der Waals surface area contributed by atoms with Crippen molar-refractivity contribution >= 4 is 58.5 Å². The second-order valence-electron chi connectivity index (χ2n) is 3.83. The Morgan fingerprint density at radius 1 is 1.33 bits per heavy atom. The van der Waals surface area contributed by atoms with Gasteiger partial charge < -0.3 is 0 Å². The first kappa shape index (κ1) is 16.5. The highest BCUT2D eigenvalue weighted by Gasteiger charge is 2.19. The molecule has 0 spiro atoms. The third-order valence-electron chi connectivity index (χ3n) is 2.25. The minimum absolute atomic E-state index is 0.832. The van der Waals surface area contributed by atoms with Crippen LogP contribution >= 0.6 is 47.9 Å². The van der Waals surface area contributed by atoms with Crippen LogP contribution in [0.1, 0.15) is 39.5 Å². The van der Waals surface area contributed by atoms with Crippen LogP contribution in [0.5, 0.6) is 0 Å². The van der Waals surface area contributed by atoms with Crippen molar-refractivity contribution in [3.8, 4) is 0 Å². The van der Waals surface area contributed by atoms with Crippen LogP contribution in [0.4, 0.5) is 0 Å². The summed E-state index contributed by atoms with van der Waals surface area (Å²) in [6.45, 7) is 4.43. The van der Waals surface area contributed by atoms with Crippen LogP contribution < -0.4 is 0 Å². The van der Waals surface area contributed by atoms with Crippen LogP contribution in [0, 0.1) is 0 Å². The van der Waals surface area contributed by atoms with Crippen LogP contribution in [0.15, 0.2) is 5.10 Å². The van der Waals surface area contributed by atoms with Crippen molar-refractivity contribution in [3.63, 3.8) is 0 Å². The summed E-state index contributed by atoms with van der Waals surface area (Å²) in [5, 5.41) is 7.01. The topological polar surface area (TPSA) is 18.8 Å². The fourth-order valence-electron chi connectivity index (χ4n) is 1.16. The summed E-state index contributed by atoms with van der Waals surface area (Å²) in [4.78, 5) is 0. The summed E-state index contributed by atoms with van der Waals surface area (Å²) in [6.07, 6.45) is 4.92. The van der Waals surface area contributed by atoms with Gasteiger partial charge in [-0.05, 0) is 49.0 Å². The molecule has 0 N–H and O–H groups in total. The van der Waals surface area contributed by atoms with E-state index in [2.05, 4.69) is 22.7 Å². The molecule has 0 aliphatic carbocycles. The molecule has 0 fully saturated rings. The molecule has 1 aliphatic rings. The molecule has 1 aliphatic heterocycles. The van der Waals surface area contributed by atoms with Gasteiger partial charge in [0, 0.05) is 11.5 Å². The third kappa shape index (κ3) is 6.04. The van der Waals surface area contributed by atoms with E-state index in [1.807, 2.05) is 34.5 Å². The molecule has 0 aromatic heterocycles. The second-order valence-corrected chi connectivity index (χ2v) is 7.29. The van der Waals surface area contributed by atoms with E-state index in [1.54, 1.807) is 11.8 Å². The molecule has 0 radical (unpaired) electrons. The fraction of sp³-hybridized carbons (Fsp3) is 0.818. The van der Waals surface area contributed by atoms with Crippen LogP contribution in [0.25, 0.3) is 0 Å². The number of thiocarbonyl (C=S) groups is 1. The van der Waals surface area contributed by atoms with E-state index >= 15 is 0 Å². The van der Waals surface area contributed by atoms with Gasteiger partial charge in [0.2, 0.25) is 5.11 Å². The maximum absolute atomic E-state index is 5.52. The van der Waals surface area contributed by atoms with Gasteiger partial charge in [-0.3, -0.25) is 0 Å². The van der Waals surface area contributed by atoms with Gasteiger partial charge in [0.1, 0.15) is 0 Å². The first-order valence-electron chi connectivity index (χ1n) is 6.31. The Balaban J connectivity index is 2.40. The highest BCUT2D eigenvalue weighted by molar-refractivity contribution is 8.13. The van der Waals surface area contributed by atoms with Gasteiger partial charge in [0.25, 0.3) is 0 Å². The maximum Gasteiger partial charge on any atom is 0.213 e. The average Bonchev–Trinajstić information content (AvgIpc) is 2.90. The van der Waals surface area contributed by atoms with E-state index in [4.69, 9.17) is 12.2 Å². The zero-order valence-electron chi connectivity index (χ0n) is 11.0. The van der Waals surface area contributed by atoms with E-state index in [9.17, 15) is 0 Å². The van der Waals surface area contributed by atoms with Crippen LogP contribution in [0.3, 0.4) is 0 Å². The van der Waals surface area contributed by atoms with Gasteiger partial charge in [-0.1, -0.05) is 38.5 Å². The lowest BCUT2D eigenvalue weighted by molar-refractivity contribution is 0.522. The van der Waals surface area contributed by atoms with Gasteiger partial charge in [-0.2, -0.15) is 5.10 Å². The molecule has 0 unspecified atom stereocenters. The highest BCUT2D eigenvalue weighted by atomic mass is 32.2. The van der Waals surface area contributed by atoms with E-state index in [-0.39, 0.29) is 0 Å². The van der Waals surface area contributed by atoms with Crippen molar-refractivity contribution in [3.05, 3.63) is 0 Å². The number of hydrazone groups is 1. The molecule has 0 bridgehead atoms. The summed E-state index contributed by atoms with van der Waals surface area (Å²) in [6, 6.07) is 0. The van der Waals surface area contributed by atoms with Gasteiger partial charge in [-0.25, -0.2) is 8.72 Å². The summed E-state index contributed by atoms with van der Waals surface area (Å²) in [7, 11) is 0. The van der Waals surface area contributed by atoms with E-state index in [0.717, 1.165) is 22.5 Å². The Kier molecular flexibility index (Phi) is 9.36. The normalized spacial score (nSPS) is 14.2. The lowest BCUT2D eigenvalue weighted by Crippen LogP contribution is -2.31. The van der Waals surface area contributed by atoms with Crippen LogP contribution in [-0.4, -0.2) is 36.8 Å². The SMILES string of the molecule is CCCCSN(SCCCC)C(=S)N1CSC=N1. The minimum Gasteiger partial charge on any atom is -0.232 e. The Bertz CT molecular complexity index is 263. The van der Waals surface area contributed by atoms with E-state index in [1.165, 1.54) is 25.7 Å². The summed E-state index contributed by atoms with van der Waals surface area (Å²) < 4.78 is 2.17. The smallest absolute Gasteiger partial charge is 0.213 e. The molecule has 0 amide bonds. The van der Waals surface area contributed by atoms with Crippen molar-refractivity contribution in [1.82, 2.24) is 8.72 Å². The summed E-state index contributed by atoms with van der Waals surface area (Å²) in [5.74, 6) is 3.10. The molecular weight excluding hydrogens is 302 g/mol. The summed E-state index contributed by atoms with van der Waals surface area (Å²) in [5.41, 5.74) is 1.86. The molecule has 0 saturated heterocycles. The Labute approximate surface area is 129 Å². The predicted molar refractivity (Wildman–Crippen MR) is 92.0 cm³/mol. The summed E-state index contributed by atoms with van der Waals surface area (Å²) >= 11 is 10.8. The van der Waals surface area contributed by atoms with E-state index < -0.39 is 0 Å². The highest BCUT2D eigenvalue weighted by Crippen LogP contribution is 2.27. The molecule has 0 atom stereocenters. The number of unbranched alkanes of at least 4 members (excludes halogenated alkanes) is 2. The predicted octanol–water partition coefficient (Wildman–Crippen LogP) is 4.42. The van der Waals surface area contributed by atoms with Crippen molar-refractivity contribution in [2.75, 3.05) is 17.4 Å². The molecule has 3 nitrogen and oxygen atoms in total. The molecule has 7 heteroatoms. The number of hydrogen-bond acceptors (Lipinski definition) is 5. The first-order chi connectivity index (χ1) is 8.79. The lowest BCUT2D eigenvalue weighted by atomic mass is 10.4. The molecule has 1 rings (SSSR count).